The molecule has 0 saturated heterocycles. The van der Waals surface area contributed by atoms with E-state index in [1.165, 1.54) is 11.0 Å². The number of aromatic nitrogens is 2. The van der Waals surface area contributed by atoms with Crippen LogP contribution in [0.2, 0.25) is 0 Å². The van der Waals surface area contributed by atoms with Crippen LogP contribution in [0.5, 0.6) is 0 Å². The SMILES string of the molecule is Cc1[nH]nc(C2CC2)c1C(=O)N(C)Cc1cccc(C(F)(F)F)c1. The Kier molecular flexibility index (Phi) is 4.11. The maximum atomic E-state index is 12.8. The molecule has 1 amide bonds. The standard InChI is InChI=1S/C17H18F3N3O/c1-10-14(15(22-21-10)12-6-7-12)16(24)23(2)9-11-4-3-5-13(8-11)17(18,19)20/h3-5,8,12H,6-7,9H2,1-2H3,(H,21,22). The molecule has 1 aliphatic rings. The van der Waals surface area contributed by atoms with Gasteiger partial charge in [-0.3, -0.25) is 9.89 Å². The van der Waals surface area contributed by atoms with Gasteiger partial charge in [-0.2, -0.15) is 18.3 Å². The zero-order valence-electron chi connectivity index (χ0n) is 13.4. The lowest BCUT2D eigenvalue weighted by Crippen LogP contribution is -2.27. The van der Waals surface area contributed by atoms with Crippen molar-refractivity contribution in [3.63, 3.8) is 0 Å². The van der Waals surface area contributed by atoms with Gasteiger partial charge in [-0.1, -0.05) is 12.1 Å². The first-order valence-corrected chi connectivity index (χ1v) is 7.74. The predicted molar refractivity (Wildman–Crippen MR) is 82.5 cm³/mol. The number of hydrogen-bond acceptors (Lipinski definition) is 2. The second kappa shape index (κ2) is 5.96. The quantitative estimate of drug-likeness (QED) is 0.920. The molecule has 2 aromatic rings. The van der Waals surface area contributed by atoms with Crippen molar-refractivity contribution in [2.24, 2.45) is 0 Å². The van der Waals surface area contributed by atoms with E-state index < -0.39 is 11.7 Å². The van der Waals surface area contributed by atoms with E-state index >= 15 is 0 Å². The number of alkyl halides is 3. The summed E-state index contributed by atoms with van der Waals surface area (Å²) >= 11 is 0. The summed E-state index contributed by atoms with van der Waals surface area (Å²) in [6.07, 6.45) is -2.36. The molecular weight excluding hydrogens is 319 g/mol. The Hall–Kier alpha value is -2.31. The van der Waals surface area contributed by atoms with Crippen molar-refractivity contribution >= 4 is 5.91 Å². The molecular formula is C17H18F3N3O. The topological polar surface area (TPSA) is 49.0 Å². The van der Waals surface area contributed by atoms with E-state index in [4.69, 9.17) is 0 Å². The maximum Gasteiger partial charge on any atom is 0.416 e. The molecule has 4 nitrogen and oxygen atoms in total. The molecule has 0 bridgehead atoms. The minimum Gasteiger partial charge on any atom is -0.337 e. The van der Waals surface area contributed by atoms with E-state index in [0.29, 0.717) is 22.7 Å². The maximum absolute atomic E-state index is 12.8. The number of carbonyl (C=O) groups is 1. The van der Waals surface area contributed by atoms with Gasteiger partial charge in [0.25, 0.3) is 5.91 Å². The number of benzene rings is 1. The van der Waals surface area contributed by atoms with Crippen molar-refractivity contribution in [2.45, 2.75) is 38.4 Å². The molecule has 1 aromatic heterocycles. The third kappa shape index (κ3) is 3.29. The summed E-state index contributed by atoms with van der Waals surface area (Å²) in [6, 6.07) is 5.04. The number of H-pyrrole nitrogens is 1. The van der Waals surface area contributed by atoms with Gasteiger partial charge in [0.05, 0.1) is 16.8 Å². The van der Waals surface area contributed by atoms with Crippen LogP contribution in [0.25, 0.3) is 0 Å². The van der Waals surface area contributed by atoms with Crippen molar-refractivity contribution in [3.05, 3.63) is 52.3 Å². The van der Waals surface area contributed by atoms with E-state index in [1.807, 2.05) is 0 Å². The summed E-state index contributed by atoms with van der Waals surface area (Å²) < 4.78 is 38.4. The van der Waals surface area contributed by atoms with Crippen LogP contribution in [0.3, 0.4) is 0 Å². The lowest BCUT2D eigenvalue weighted by molar-refractivity contribution is -0.137. The highest BCUT2D eigenvalue weighted by atomic mass is 19.4. The van der Waals surface area contributed by atoms with Crippen LogP contribution in [0, 0.1) is 6.92 Å². The summed E-state index contributed by atoms with van der Waals surface area (Å²) in [5.41, 5.74) is 1.74. The van der Waals surface area contributed by atoms with E-state index in [0.717, 1.165) is 30.7 Å². The Morgan fingerprint density at radius 1 is 1.38 bits per heavy atom. The molecule has 128 valence electrons. The first-order valence-electron chi connectivity index (χ1n) is 7.74. The van der Waals surface area contributed by atoms with Gasteiger partial charge in [0.1, 0.15) is 0 Å². The highest BCUT2D eigenvalue weighted by Crippen LogP contribution is 2.41. The van der Waals surface area contributed by atoms with Gasteiger partial charge in [-0.15, -0.1) is 0 Å². The first-order chi connectivity index (χ1) is 11.3. The average molecular weight is 337 g/mol. The second-order valence-corrected chi connectivity index (χ2v) is 6.24. The number of hydrogen-bond donors (Lipinski definition) is 1. The Morgan fingerprint density at radius 2 is 2.08 bits per heavy atom. The number of nitrogens with zero attached hydrogens (tertiary/aromatic N) is 2. The third-order valence-corrected chi connectivity index (χ3v) is 4.17. The molecule has 0 atom stereocenters. The summed E-state index contributed by atoms with van der Waals surface area (Å²) in [5.74, 6) is 0.0939. The first kappa shape index (κ1) is 16.5. The van der Waals surface area contributed by atoms with Crippen LogP contribution in [-0.4, -0.2) is 28.1 Å². The molecule has 1 aromatic carbocycles. The van der Waals surface area contributed by atoms with Crippen LogP contribution in [0.1, 0.15) is 51.6 Å². The van der Waals surface area contributed by atoms with Crippen molar-refractivity contribution in [2.75, 3.05) is 7.05 Å². The van der Waals surface area contributed by atoms with Crippen LogP contribution in [0.15, 0.2) is 24.3 Å². The third-order valence-electron chi connectivity index (χ3n) is 4.17. The smallest absolute Gasteiger partial charge is 0.337 e. The fourth-order valence-electron chi connectivity index (χ4n) is 2.75. The molecule has 7 heteroatoms. The van der Waals surface area contributed by atoms with E-state index in [-0.39, 0.29) is 12.5 Å². The molecule has 1 aliphatic carbocycles. The summed E-state index contributed by atoms with van der Waals surface area (Å²) in [5, 5.41) is 7.05. The molecule has 1 fully saturated rings. The molecule has 3 rings (SSSR count). The van der Waals surface area contributed by atoms with Gasteiger partial charge in [-0.05, 0) is 37.5 Å². The van der Waals surface area contributed by atoms with E-state index in [1.54, 1.807) is 20.0 Å². The molecule has 0 unspecified atom stereocenters. The Labute approximate surface area is 137 Å². The van der Waals surface area contributed by atoms with Gasteiger partial charge in [-0.25, -0.2) is 0 Å². The number of halogens is 3. The molecule has 1 N–H and O–H groups in total. The van der Waals surface area contributed by atoms with Crippen LogP contribution < -0.4 is 0 Å². The molecule has 0 radical (unpaired) electrons. The fourth-order valence-corrected chi connectivity index (χ4v) is 2.75. The number of carbonyl (C=O) groups excluding carboxylic acids is 1. The van der Waals surface area contributed by atoms with Crippen LogP contribution in [0.4, 0.5) is 13.2 Å². The number of rotatable bonds is 4. The average Bonchev–Trinajstić information content (AvgIpc) is 3.29. The molecule has 24 heavy (non-hydrogen) atoms. The van der Waals surface area contributed by atoms with Gasteiger partial charge >= 0.3 is 6.18 Å². The summed E-state index contributed by atoms with van der Waals surface area (Å²) in [7, 11) is 1.59. The van der Waals surface area contributed by atoms with E-state index in [9.17, 15) is 18.0 Å². The van der Waals surface area contributed by atoms with E-state index in [2.05, 4.69) is 10.2 Å². The minimum atomic E-state index is -4.39. The number of aromatic amines is 1. The second-order valence-electron chi connectivity index (χ2n) is 6.24. The van der Waals surface area contributed by atoms with Crippen molar-refractivity contribution < 1.29 is 18.0 Å². The van der Waals surface area contributed by atoms with Crippen molar-refractivity contribution in [1.29, 1.82) is 0 Å². The lowest BCUT2D eigenvalue weighted by atomic mass is 10.1. The Morgan fingerprint density at radius 3 is 2.71 bits per heavy atom. The molecule has 0 spiro atoms. The van der Waals surface area contributed by atoms with Gasteiger partial charge in [0, 0.05) is 25.2 Å². The lowest BCUT2D eigenvalue weighted by Gasteiger charge is -2.18. The zero-order chi connectivity index (χ0) is 17.5. The largest absolute Gasteiger partial charge is 0.416 e. The van der Waals surface area contributed by atoms with Crippen LogP contribution >= 0.6 is 0 Å². The number of amides is 1. The Bertz CT molecular complexity index is 763. The monoisotopic (exact) mass is 337 g/mol. The van der Waals surface area contributed by atoms with Crippen molar-refractivity contribution in [1.82, 2.24) is 15.1 Å². The van der Waals surface area contributed by atoms with Crippen molar-refractivity contribution in [3.8, 4) is 0 Å². The minimum absolute atomic E-state index is 0.109. The van der Waals surface area contributed by atoms with Crippen LogP contribution in [-0.2, 0) is 12.7 Å². The molecule has 0 aliphatic heterocycles. The predicted octanol–water partition coefficient (Wildman–Crippen LogP) is 3.89. The normalized spacial score (nSPS) is 14.7. The molecule has 1 heterocycles. The number of aryl methyl sites for hydroxylation is 1. The number of nitrogens with one attached hydrogen (secondary N) is 1. The Balaban J connectivity index is 1.79. The fraction of sp³-hybridized carbons (Fsp3) is 0.412. The molecule has 1 saturated carbocycles. The summed E-state index contributed by atoms with van der Waals surface area (Å²) in [4.78, 5) is 14.1. The summed E-state index contributed by atoms with van der Waals surface area (Å²) in [6.45, 7) is 1.89. The highest BCUT2D eigenvalue weighted by Gasteiger charge is 2.33. The van der Waals surface area contributed by atoms with Gasteiger partial charge in [0.2, 0.25) is 0 Å². The van der Waals surface area contributed by atoms with Gasteiger partial charge < -0.3 is 4.90 Å². The highest BCUT2D eigenvalue weighted by molar-refractivity contribution is 5.96. The zero-order valence-corrected chi connectivity index (χ0v) is 13.4. The van der Waals surface area contributed by atoms with Gasteiger partial charge in [0.15, 0.2) is 0 Å².